The van der Waals surface area contributed by atoms with Crippen molar-refractivity contribution in [1.29, 1.82) is 0 Å². The predicted octanol–water partition coefficient (Wildman–Crippen LogP) is 14.8. The molecule has 1 amide bonds. The number of Topliss-reactive ketones (excluding diaryl/α,β-unsaturated/α-hetero) is 2. The van der Waals surface area contributed by atoms with Crippen LogP contribution in [0.5, 0.6) is 0 Å². The van der Waals surface area contributed by atoms with Gasteiger partial charge in [-0.15, -0.1) is 0 Å². The van der Waals surface area contributed by atoms with Gasteiger partial charge in [0, 0.05) is 36.3 Å². The zero-order valence-corrected chi connectivity index (χ0v) is 37.9. The molecule has 0 aromatic heterocycles. The summed E-state index contributed by atoms with van der Waals surface area (Å²) in [5.74, 6) is 5.02. The fourth-order valence-corrected chi connectivity index (χ4v) is 11.0. The Morgan fingerprint density at radius 1 is 0.527 bits per heavy atom. The molecule has 6 aliphatic rings. The van der Waals surface area contributed by atoms with Crippen molar-refractivity contribution >= 4 is 17.5 Å². The molecule has 0 N–H and O–H groups in total. The van der Waals surface area contributed by atoms with E-state index < -0.39 is 0 Å². The average molecular weight is 768 g/mol. The molecule has 5 atom stereocenters. The summed E-state index contributed by atoms with van der Waals surface area (Å²) >= 11 is 0. The van der Waals surface area contributed by atoms with Gasteiger partial charge in [-0.2, -0.15) is 0 Å². The molecule has 0 radical (unpaired) electrons. The van der Waals surface area contributed by atoms with Crippen LogP contribution in [0, 0.1) is 53.3 Å². The van der Waals surface area contributed by atoms with E-state index in [4.69, 9.17) is 0 Å². The minimum Gasteiger partial charge on any atom is -0.339 e. The summed E-state index contributed by atoms with van der Waals surface area (Å²) in [5.41, 5.74) is 0. The van der Waals surface area contributed by atoms with Crippen molar-refractivity contribution < 1.29 is 14.4 Å². The van der Waals surface area contributed by atoms with Crippen molar-refractivity contribution in [2.75, 3.05) is 6.54 Å². The van der Waals surface area contributed by atoms with Crippen molar-refractivity contribution in [2.24, 2.45) is 53.3 Å². The van der Waals surface area contributed by atoms with Crippen LogP contribution >= 0.6 is 0 Å². The Hall–Kier alpha value is -1.19. The summed E-state index contributed by atoms with van der Waals surface area (Å²) < 4.78 is 0. The van der Waals surface area contributed by atoms with Crippen LogP contribution in [0.3, 0.4) is 0 Å². The molecule has 4 nitrogen and oxygen atoms in total. The minimum absolute atomic E-state index is 0.0168. The Kier molecular flexibility index (Phi) is 24.1. The van der Waals surface area contributed by atoms with Gasteiger partial charge < -0.3 is 4.90 Å². The Balaban J connectivity index is 0.000000269. The quantitative estimate of drug-likeness (QED) is 0.222. The molecule has 6 rings (SSSR count). The molecule has 0 spiro atoms. The van der Waals surface area contributed by atoms with E-state index in [-0.39, 0.29) is 41.1 Å². The summed E-state index contributed by atoms with van der Waals surface area (Å²) in [7, 11) is 0. The first-order chi connectivity index (χ1) is 26.5. The topological polar surface area (TPSA) is 54.5 Å². The lowest BCUT2D eigenvalue weighted by Crippen LogP contribution is -2.49. The Morgan fingerprint density at radius 3 is 1.36 bits per heavy atom. The molecule has 6 saturated carbocycles. The summed E-state index contributed by atoms with van der Waals surface area (Å²) in [6, 6.07) is 0.365. The molecular weight excluding hydrogens is 675 g/mol. The van der Waals surface area contributed by atoms with E-state index in [0.717, 1.165) is 49.5 Å². The second kappa shape index (κ2) is 27.5. The third-order valence-corrected chi connectivity index (χ3v) is 15.5. The molecule has 6 aliphatic carbocycles. The van der Waals surface area contributed by atoms with Gasteiger partial charge in [0.15, 0.2) is 0 Å². The van der Waals surface area contributed by atoms with E-state index in [0.29, 0.717) is 31.2 Å². The Labute approximate surface area is 342 Å². The molecule has 5 unspecified atom stereocenters. The molecule has 0 bridgehead atoms. The number of hydrogen-bond donors (Lipinski definition) is 0. The fourth-order valence-electron chi connectivity index (χ4n) is 11.0. The minimum atomic E-state index is -0.161. The molecule has 4 heteroatoms. The van der Waals surface area contributed by atoms with Gasteiger partial charge in [0.1, 0.15) is 11.6 Å². The molecule has 0 heterocycles. The normalized spacial score (nSPS) is 27.4. The molecular formula is C51H93NO3. The average Bonchev–Trinajstić information content (AvgIpc) is 3.23. The highest BCUT2D eigenvalue weighted by Crippen LogP contribution is 2.39. The largest absolute Gasteiger partial charge is 0.339 e. The van der Waals surface area contributed by atoms with Crippen molar-refractivity contribution in [3.63, 3.8) is 0 Å². The summed E-state index contributed by atoms with van der Waals surface area (Å²) in [6.07, 6.45) is 38.9. The first kappa shape index (κ1) is 48.2. The van der Waals surface area contributed by atoms with E-state index in [1.165, 1.54) is 154 Å². The molecule has 0 aromatic rings. The monoisotopic (exact) mass is 768 g/mol. The molecule has 6 fully saturated rings. The maximum Gasteiger partial charge on any atom is 0.225 e. The smallest absolute Gasteiger partial charge is 0.225 e. The van der Waals surface area contributed by atoms with Gasteiger partial charge >= 0.3 is 0 Å². The second-order valence-electron chi connectivity index (χ2n) is 20.2. The van der Waals surface area contributed by atoms with Crippen molar-refractivity contribution in [1.82, 2.24) is 4.90 Å². The van der Waals surface area contributed by atoms with Crippen molar-refractivity contribution in [3.05, 3.63) is 0 Å². The highest BCUT2D eigenvalue weighted by atomic mass is 16.2. The van der Waals surface area contributed by atoms with Gasteiger partial charge in [0.25, 0.3) is 0 Å². The first-order valence-electron chi connectivity index (χ1n) is 24.9. The molecule has 0 aromatic carbocycles. The van der Waals surface area contributed by atoms with Gasteiger partial charge in [-0.1, -0.05) is 183 Å². The maximum atomic E-state index is 14.0. The maximum absolute atomic E-state index is 14.0. The number of rotatable bonds is 10. The predicted molar refractivity (Wildman–Crippen MR) is 235 cm³/mol. The fraction of sp³-hybridized carbons (Fsp3) is 0.941. The zero-order valence-electron chi connectivity index (χ0n) is 37.9. The van der Waals surface area contributed by atoms with Crippen LogP contribution in [-0.2, 0) is 14.4 Å². The number of nitrogens with zero attached hydrogens (tertiary/aromatic N) is 1. The lowest BCUT2D eigenvalue weighted by atomic mass is 9.70. The van der Waals surface area contributed by atoms with Crippen LogP contribution < -0.4 is 0 Å². The standard InChI is InChI=1S/C27H45NO3.C10H20.2C7H14/c1-4-19(2)26(30)23-15-22(20(3)29)16-24(17-23)27(31)28(25-13-9-6-10-14-25)18-21-11-7-5-8-12-21;1-3-9(2)10-7-5-4-6-8-10;2*1-7-5-3-2-4-6-7/h19,21-25H,4-18H2,1-3H3;9-10H,3-8H2,1-2H3;2*7H,2-6H2,1H3. The third-order valence-electron chi connectivity index (χ3n) is 15.5. The highest BCUT2D eigenvalue weighted by molar-refractivity contribution is 5.87. The van der Waals surface area contributed by atoms with E-state index >= 15 is 0 Å². The second-order valence-corrected chi connectivity index (χ2v) is 20.2. The van der Waals surface area contributed by atoms with Gasteiger partial charge in [0.05, 0.1) is 0 Å². The Morgan fingerprint density at radius 2 is 0.945 bits per heavy atom. The molecule has 55 heavy (non-hydrogen) atoms. The van der Waals surface area contributed by atoms with Gasteiger partial charge in [0.2, 0.25) is 5.91 Å². The zero-order chi connectivity index (χ0) is 40.0. The first-order valence-corrected chi connectivity index (χ1v) is 24.9. The number of amides is 1. The van der Waals surface area contributed by atoms with E-state index in [1.807, 2.05) is 13.8 Å². The Bertz CT molecular complexity index is 1010. The summed E-state index contributed by atoms with van der Waals surface area (Å²) in [4.78, 5) is 41.5. The van der Waals surface area contributed by atoms with Crippen LogP contribution in [0.15, 0.2) is 0 Å². The molecule has 320 valence electrons. The van der Waals surface area contributed by atoms with Crippen molar-refractivity contribution in [2.45, 2.75) is 247 Å². The van der Waals surface area contributed by atoms with Crippen LogP contribution in [0.1, 0.15) is 241 Å². The molecule has 0 saturated heterocycles. The number of ketones is 2. The lowest BCUT2D eigenvalue weighted by Gasteiger charge is -2.42. The van der Waals surface area contributed by atoms with Gasteiger partial charge in [-0.05, 0) is 87.9 Å². The van der Waals surface area contributed by atoms with Gasteiger partial charge in [-0.3, -0.25) is 14.4 Å². The van der Waals surface area contributed by atoms with E-state index in [1.54, 1.807) is 6.92 Å². The lowest BCUT2D eigenvalue weighted by molar-refractivity contribution is -0.144. The number of carbonyl (C=O) groups is 3. The molecule has 0 aliphatic heterocycles. The number of carbonyl (C=O) groups excluding carboxylic acids is 3. The highest BCUT2D eigenvalue weighted by Gasteiger charge is 2.41. The summed E-state index contributed by atoms with van der Waals surface area (Å²) in [6.45, 7) is 16.0. The third kappa shape index (κ3) is 18.1. The van der Waals surface area contributed by atoms with Crippen LogP contribution in [0.4, 0.5) is 0 Å². The van der Waals surface area contributed by atoms with Gasteiger partial charge in [-0.25, -0.2) is 0 Å². The van der Waals surface area contributed by atoms with Crippen LogP contribution in [0.25, 0.3) is 0 Å². The van der Waals surface area contributed by atoms with Crippen LogP contribution in [-0.4, -0.2) is 35.0 Å². The van der Waals surface area contributed by atoms with E-state index in [9.17, 15) is 14.4 Å². The van der Waals surface area contributed by atoms with Crippen LogP contribution in [0.2, 0.25) is 0 Å². The SMILES string of the molecule is CC1CCCCC1.CC1CCCCC1.CCC(C)C(=O)C1CC(C(C)=O)CC(C(=O)N(CC2CCCCC2)C2CCCCC2)C1.CCC(C)C1CCCCC1. The van der Waals surface area contributed by atoms with Crippen molar-refractivity contribution in [3.8, 4) is 0 Å². The summed E-state index contributed by atoms with van der Waals surface area (Å²) in [5, 5.41) is 0. The van der Waals surface area contributed by atoms with E-state index in [2.05, 4.69) is 32.6 Å². The number of hydrogen-bond acceptors (Lipinski definition) is 3.